The highest BCUT2D eigenvalue weighted by atomic mass is 35.5. The molecule has 0 saturated carbocycles. The molecule has 0 spiro atoms. The molecular weight excluding hydrogens is 296 g/mol. The van der Waals surface area contributed by atoms with Gasteiger partial charge in [-0.3, -0.25) is 0 Å². The number of hydrogen-bond acceptors (Lipinski definition) is 1. The van der Waals surface area contributed by atoms with Crippen LogP contribution in [0.4, 0.5) is 10.1 Å². The Labute approximate surface area is 119 Å². The zero-order valence-corrected chi connectivity index (χ0v) is 11.5. The molecule has 0 unspecified atom stereocenters. The van der Waals surface area contributed by atoms with Crippen molar-refractivity contribution >= 4 is 40.5 Å². The van der Waals surface area contributed by atoms with E-state index in [9.17, 15) is 4.39 Å². The lowest BCUT2D eigenvalue weighted by Gasteiger charge is -2.09. The standard InChI is InChI=1S/C13H9Cl3FN/c14-9-5-4-8(6-11(9)16)7-18-12-3-1-2-10(15)13(12)17/h1-6,18H,7H2. The van der Waals surface area contributed by atoms with Crippen molar-refractivity contribution < 1.29 is 4.39 Å². The minimum atomic E-state index is -0.459. The molecule has 18 heavy (non-hydrogen) atoms. The highest BCUT2D eigenvalue weighted by molar-refractivity contribution is 6.42. The number of halogens is 4. The van der Waals surface area contributed by atoms with E-state index < -0.39 is 5.82 Å². The molecule has 0 saturated heterocycles. The fraction of sp³-hybridized carbons (Fsp3) is 0.0769. The summed E-state index contributed by atoms with van der Waals surface area (Å²) in [7, 11) is 0. The molecule has 1 nitrogen and oxygen atoms in total. The lowest BCUT2D eigenvalue weighted by Crippen LogP contribution is -2.01. The lowest BCUT2D eigenvalue weighted by atomic mass is 10.2. The van der Waals surface area contributed by atoms with Gasteiger partial charge in [0.05, 0.1) is 20.8 Å². The predicted octanol–water partition coefficient (Wildman–Crippen LogP) is 5.40. The van der Waals surface area contributed by atoms with E-state index in [1.807, 2.05) is 6.07 Å². The first-order valence-corrected chi connectivity index (χ1v) is 6.33. The van der Waals surface area contributed by atoms with Crippen LogP contribution in [0.3, 0.4) is 0 Å². The van der Waals surface area contributed by atoms with Crippen LogP contribution in [0.1, 0.15) is 5.56 Å². The zero-order chi connectivity index (χ0) is 13.1. The Morgan fingerprint density at radius 3 is 2.44 bits per heavy atom. The van der Waals surface area contributed by atoms with Crippen molar-refractivity contribution in [2.75, 3.05) is 5.32 Å². The third-order valence-electron chi connectivity index (χ3n) is 2.42. The van der Waals surface area contributed by atoms with Crippen LogP contribution in [0.2, 0.25) is 15.1 Å². The molecule has 0 amide bonds. The molecule has 0 atom stereocenters. The van der Waals surface area contributed by atoms with Gasteiger partial charge < -0.3 is 5.32 Å². The van der Waals surface area contributed by atoms with Crippen molar-refractivity contribution in [1.29, 1.82) is 0 Å². The maximum absolute atomic E-state index is 13.6. The van der Waals surface area contributed by atoms with Gasteiger partial charge in [-0.2, -0.15) is 0 Å². The average molecular weight is 305 g/mol. The van der Waals surface area contributed by atoms with E-state index in [2.05, 4.69) is 5.32 Å². The summed E-state index contributed by atoms with van der Waals surface area (Å²) in [5.74, 6) is -0.459. The van der Waals surface area contributed by atoms with Crippen LogP contribution in [0.25, 0.3) is 0 Å². The Hall–Kier alpha value is -0.960. The van der Waals surface area contributed by atoms with Crippen LogP contribution in [0.5, 0.6) is 0 Å². The van der Waals surface area contributed by atoms with E-state index in [1.165, 1.54) is 6.07 Å². The smallest absolute Gasteiger partial charge is 0.164 e. The number of rotatable bonds is 3. The van der Waals surface area contributed by atoms with Gasteiger partial charge in [0.15, 0.2) is 5.82 Å². The first-order chi connectivity index (χ1) is 8.58. The summed E-state index contributed by atoms with van der Waals surface area (Å²) < 4.78 is 13.6. The Balaban J connectivity index is 2.11. The van der Waals surface area contributed by atoms with Gasteiger partial charge in [-0.1, -0.05) is 46.9 Å². The number of anilines is 1. The van der Waals surface area contributed by atoms with Crippen molar-refractivity contribution in [3.05, 3.63) is 62.8 Å². The Morgan fingerprint density at radius 1 is 0.944 bits per heavy atom. The van der Waals surface area contributed by atoms with Crippen LogP contribution >= 0.6 is 34.8 Å². The lowest BCUT2D eigenvalue weighted by molar-refractivity contribution is 0.630. The molecule has 0 fully saturated rings. The molecule has 94 valence electrons. The van der Waals surface area contributed by atoms with Gasteiger partial charge in [-0.05, 0) is 29.8 Å². The molecule has 0 aliphatic rings. The van der Waals surface area contributed by atoms with E-state index in [0.29, 0.717) is 22.3 Å². The van der Waals surface area contributed by atoms with Gasteiger partial charge in [-0.15, -0.1) is 0 Å². The molecule has 0 aliphatic heterocycles. The van der Waals surface area contributed by atoms with Crippen LogP contribution in [-0.4, -0.2) is 0 Å². The Morgan fingerprint density at radius 2 is 1.72 bits per heavy atom. The summed E-state index contributed by atoms with van der Waals surface area (Å²) in [6.07, 6.45) is 0. The van der Waals surface area contributed by atoms with Crippen molar-refractivity contribution in [3.63, 3.8) is 0 Å². The number of nitrogens with one attached hydrogen (secondary N) is 1. The second-order valence-corrected chi connectivity index (χ2v) is 4.92. The second-order valence-electron chi connectivity index (χ2n) is 3.70. The van der Waals surface area contributed by atoms with Crippen LogP contribution in [-0.2, 0) is 6.54 Å². The topological polar surface area (TPSA) is 12.0 Å². The molecule has 1 N–H and O–H groups in total. The van der Waals surface area contributed by atoms with Gasteiger partial charge in [-0.25, -0.2) is 4.39 Å². The van der Waals surface area contributed by atoms with E-state index in [4.69, 9.17) is 34.8 Å². The van der Waals surface area contributed by atoms with Gasteiger partial charge in [0.2, 0.25) is 0 Å². The van der Waals surface area contributed by atoms with Crippen LogP contribution < -0.4 is 5.32 Å². The first-order valence-electron chi connectivity index (χ1n) is 5.20. The fourth-order valence-corrected chi connectivity index (χ4v) is 1.98. The third kappa shape index (κ3) is 3.08. The molecule has 0 heterocycles. The third-order valence-corrected chi connectivity index (χ3v) is 3.45. The minimum Gasteiger partial charge on any atom is -0.379 e. The maximum Gasteiger partial charge on any atom is 0.164 e. The maximum atomic E-state index is 13.6. The largest absolute Gasteiger partial charge is 0.379 e. The summed E-state index contributed by atoms with van der Waals surface area (Å²) in [5, 5.41) is 4.02. The SMILES string of the molecule is Fc1c(Cl)cccc1NCc1ccc(Cl)c(Cl)c1. The number of benzene rings is 2. The quantitative estimate of drug-likeness (QED) is 0.800. The average Bonchev–Trinajstić information content (AvgIpc) is 2.35. The van der Waals surface area contributed by atoms with E-state index in [-0.39, 0.29) is 5.02 Å². The molecule has 0 radical (unpaired) electrons. The molecule has 2 aromatic rings. The Kier molecular flexibility index (Phi) is 4.33. The van der Waals surface area contributed by atoms with Crippen LogP contribution in [0.15, 0.2) is 36.4 Å². The molecular formula is C13H9Cl3FN. The molecule has 5 heteroatoms. The first kappa shape index (κ1) is 13.5. The van der Waals surface area contributed by atoms with E-state index in [1.54, 1.807) is 24.3 Å². The summed E-state index contributed by atoms with van der Waals surface area (Å²) in [4.78, 5) is 0. The summed E-state index contributed by atoms with van der Waals surface area (Å²) in [6.45, 7) is 0.439. The summed E-state index contributed by atoms with van der Waals surface area (Å²) in [6, 6.07) is 10.1. The predicted molar refractivity (Wildman–Crippen MR) is 75.2 cm³/mol. The zero-order valence-electron chi connectivity index (χ0n) is 9.18. The van der Waals surface area contributed by atoms with E-state index >= 15 is 0 Å². The van der Waals surface area contributed by atoms with E-state index in [0.717, 1.165) is 5.56 Å². The molecule has 0 bridgehead atoms. The highest BCUT2D eigenvalue weighted by Crippen LogP contribution is 2.25. The molecule has 2 aromatic carbocycles. The normalized spacial score (nSPS) is 10.4. The van der Waals surface area contributed by atoms with Crippen molar-refractivity contribution in [3.8, 4) is 0 Å². The molecule has 2 rings (SSSR count). The molecule has 0 aromatic heterocycles. The van der Waals surface area contributed by atoms with Crippen LogP contribution in [0, 0.1) is 5.82 Å². The Bertz CT molecular complexity index is 572. The monoisotopic (exact) mass is 303 g/mol. The highest BCUT2D eigenvalue weighted by Gasteiger charge is 2.06. The summed E-state index contributed by atoms with van der Waals surface area (Å²) >= 11 is 17.4. The minimum absolute atomic E-state index is 0.0918. The molecule has 0 aliphatic carbocycles. The number of hydrogen-bond donors (Lipinski definition) is 1. The van der Waals surface area contributed by atoms with Gasteiger partial charge >= 0.3 is 0 Å². The van der Waals surface area contributed by atoms with Gasteiger partial charge in [0, 0.05) is 6.54 Å². The van der Waals surface area contributed by atoms with Crippen molar-refractivity contribution in [2.24, 2.45) is 0 Å². The van der Waals surface area contributed by atoms with Crippen molar-refractivity contribution in [2.45, 2.75) is 6.54 Å². The second kappa shape index (κ2) is 5.79. The van der Waals surface area contributed by atoms with Gasteiger partial charge in [0.25, 0.3) is 0 Å². The van der Waals surface area contributed by atoms with Crippen molar-refractivity contribution in [1.82, 2.24) is 0 Å². The summed E-state index contributed by atoms with van der Waals surface area (Å²) in [5.41, 5.74) is 1.26. The van der Waals surface area contributed by atoms with Gasteiger partial charge in [0.1, 0.15) is 0 Å². The fourth-order valence-electron chi connectivity index (χ4n) is 1.49.